The van der Waals surface area contributed by atoms with Crippen LogP contribution in [0.3, 0.4) is 0 Å². The van der Waals surface area contributed by atoms with Crippen molar-refractivity contribution in [3.63, 3.8) is 0 Å². The van der Waals surface area contributed by atoms with Gasteiger partial charge in [-0.05, 0) is 60.6 Å². The molecule has 2 rings (SSSR count). The summed E-state index contributed by atoms with van der Waals surface area (Å²) in [6.45, 7) is 0. The van der Waals surface area contributed by atoms with Gasteiger partial charge in [-0.2, -0.15) is 13.2 Å². The van der Waals surface area contributed by atoms with Gasteiger partial charge in [0.05, 0.1) is 17.7 Å². The molecule has 0 unspecified atom stereocenters. The van der Waals surface area contributed by atoms with Crippen LogP contribution in [0.25, 0.3) is 0 Å². The summed E-state index contributed by atoms with van der Waals surface area (Å²) < 4.78 is 49.5. The zero-order valence-corrected chi connectivity index (χ0v) is 16.2. The van der Waals surface area contributed by atoms with E-state index in [0.29, 0.717) is 23.6 Å². The summed E-state index contributed by atoms with van der Waals surface area (Å²) in [7, 11) is 1.52. The molecule has 0 aliphatic heterocycles. The summed E-state index contributed by atoms with van der Waals surface area (Å²) in [5, 5.41) is 0.379. The minimum atomic E-state index is -4.45. The van der Waals surface area contributed by atoms with E-state index >= 15 is 0 Å². The molecule has 25 heavy (non-hydrogen) atoms. The SMILES string of the molecule is COC(=S)CCc1cc(Oc2ccc(C(F)(F)F)cc2Cl)ccc1Br. The Bertz CT molecular complexity index is 781. The van der Waals surface area contributed by atoms with Crippen LogP contribution < -0.4 is 4.74 Å². The normalized spacial score (nSPS) is 11.3. The first-order valence-corrected chi connectivity index (χ1v) is 8.68. The second kappa shape index (κ2) is 8.38. The van der Waals surface area contributed by atoms with Crippen LogP contribution in [0.2, 0.25) is 5.02 Å². The molecular formula is C17H13BrClF3O2S. The summed E-state index contributed by atoms with van der Waals surface area (Å²) in [6, 6.07) is 8.23. The molecule has 0 atom stereocenters. The lowest BCUT2D eigenvalue weighted by molar-refractivity contribution is -0.137. The predicted octanol–water partition coefficient (Wildman–Crippen LogP) is 6.82. The maximum Gasteiger partial charge on any atom is 0.416 e. The third-order valence-electron chi connectivity index (χ3n) is 3.33. The number of alkyl halides is 3. The highest BCUT2D eigenvalue weighted by molar-refractivity contribution is 9.10. The van der Waals surface area contributed by atoms with Crippen molar-refractivity contribution in [2.24, 2.45) is 0 Å². The van der Waals surface area contributed by atoms with Crippen molar-refractivity contribution in [3.05, 3.63) is 57.0 Å². The Kier molecular flexibility index (Phi) is 6.71. The summed E-state index contributed by atoms with van der Waals surface area (Å²) in [5.74, 6) is 0.610. The number of methoxy groups -OCH3 is 1. The molecule has 8 heteroatoms. The van der Waals surface area contributed by atoms with Crippen molar-refractivity contribution in [2.45, 2.75) is 19.0 Å². The first kappa shape index (κ1) is 20.0. The second-order valence-electron chi connectivity index (χ2n) is 5.07. The van der Waals surface area contributed by atoms with Gasteiger partial charge in [0.2, 0.25) is 0 Å². The summed E-state index contributed by atoms with van der Waals surface area (Å²) in [6.07, 6.45) is -3.26. The van der Waals surface area contributed by atoms with Gasteiger partial charge in [0.1, 0.15) is 11.5 Å². The first-order valence-electron chi connectivity index (χ1n) is 7.10. The lowest BCUT2D eigenvalue weighted by Gasteiger charge is -2.12. The number of benzene rings is 2. The number of ether oxygens (including phenoxy) is 2. The van der Waals surface area contributed by atoms with E-state index in [4.69, 9.17) is 33.3 Å². The topological polar surface area (TPSA) is 18.5 Å². The van der Waals surface area contributed by atoms with Crippen LogP contribution in [0.5, 0.6) is 11.5 Å². The van der Waals surface area contributed by atoms with Crippen LogP contribution in [-0.4, -0.2) is 12.2 Å². The lowest BCUT2D eigenvalue weighted by atomic mass is 10.1. The van der Waals surface area contributed by atoms with Gasteiger partial charge < -0.3 is 9.47 Å². The standard InChI is InChI=1S/C17H13BrClF3O2S/c1-23-16(25)7-2-10-8-12(4-5-13(10)18)24-15-6-3-11(9-14(15)19)17(20,21)22/h3-6,8-9H,2,7H2,1H3. The molecule has 134 valence electrons. The van der Waals surface area contributed by atoms with Gasteiger partial charge in [0.15, 0.2) is 5.05 Å². The average molecular weight is 454 g/mol. The summed E-state index contributed by atoms with van der Waals surface area (Å²) in [4.78, 5) is 0. The van der Waals surface area contributed by atoms with Crippen LogP contribution in [0.15, 0.2) is 40.9 Å². The van der Waals surface area contributed by atoms with Crippen LogP contribution in [0, 0.1) is 0 Å². The fourth-order valence-corrected chi connectivity index (χ4v) is 2.80. The fourth-order valence-electron chi connectivity index (χ4n) is 2.03. The molecule has 0 N–H and O–H groups in total. The number of thiocarbonyl (C=S) groups is 1. The van der Waals surface area contributed by atoms with Crippen LogP contribution in [0.4, 0.5) is 13.2 Å². The zero-order valence-electron chi connectivity index (χ0n) is 13.0. The van der Waals surface area contributed by atoms with Gasteiger partial charge in [0, 0.05) is 10.9 Å². The van der Waals surface area contributed by atoms with Gasteiger partial charge in [-0.15, -0.1) is 0 Å². The van der Waals surface area contributed by atoms with Gasteiger partial charge in [-0.3, -0.25) is 0 Å². The summed E-state index contributed by atoms with van der Waals surface area (Å²) >= 11 is 14.4. The molecule has 0 radical (unpaired) electrons. The van der Waals surface area contributed by atoms with Crippen molar-refractivity contribution in [2.75, 3.05) is 7.11 Å². The molecule has 0 saturated heterocycles. The number of hydrogen-bond donors (Lipinski definition) is 0. The highest BCUT2D eigenvalue weighted by atomic mass is 79.9. The molecule has 0 heterocycles. The van der Waals surface area contributed by atoms with Gasteiger partial charge in [0.25, 0.3) is 0 Å². The minimum absolute atomic E-state index is 0.111. The minimum Gasteiger partial charge on any atom is -0.490 e. The molecule has 0 amide bonds. The Morgan fingerprint density at radius 2 is 1.92 bits per heavy atom. The second-order valence-corrected chi connectivity index (χ2v) is 6.79. The molecule has 2 aromatic rings. The molecule has 0 bridgehead atoms. The molecular weight excluding hydrogens is 441 g/mol. The van der Waals surface area contributed by atoms with Crippen LogP contribution >= 0.6 is 39.7 Å². The Hall–Kier alpha value is -1.31. The molecule has 0 aromatic heterocycles. The number of hydrogen-bond acceptors (Lipinski definition) is 3. The van der Waals surface area contributed by atoms with E-state index in [1.54, 1.807) is 18.2 Å². The highest BCUT2D eigenvalue weighted by Gasteiger charge is 2.31. The molecule has 0 fully saturated rings. The molecule has 2 aromatic carbocycles. The molecule has 2 nitrogen and oxygen atoms in total. The van der Waals surface area contributed by atoms with Crippen LogP contribution in [-0.2, 0) is 17.3 Å². The van der Waals surface area contributed by atoms with E-state index < -0.39 is 11.7 Å². The van der Waals surface area contributed by atoms with E-state index in [0.717, 1.165) is 22.2 Å². The van der Waals surface area contributed by atoms with E-state index in [-0.39, 0.29) is 10.8 Å². The smallest absolute Gasteiger partial charge is 0.416 e. The zero-order chi connectivity index (χ0) is 18.6. The van der Waals surface area contributed by atoms with Gasteiger partial charge >= 0.3 is 6.18 Å². The predicted molar refractivity (Wildman–Crippen MR) is 98.6 cm³/mol. The summed E-state index contributed by atoms with van der Waals surface area (Å²) in [5.41, 5.74) is 0.106. The van der Waals surface area contributed by atoms with Crippen molar-refractivity contribution in [1.82, 2.24) is 0 Å². The first-order chi connectivity index (χ1) is 11.7. The third kappa shape index (κ3) is 5.59. The van der Waals surface area contributed by atoms with Crippen molar-refractivity contribution in [3.8, 4) is 11.5 Å². The quantitative estimate of drug-likeness (QED) is 0.463. The third-order valence-corrected chi connectivity index (χ3v) is 4.77. The van der Waals surface area contributed by atoms with Gasteiger partial charge in [-0.1, -0.05) is 27.5 Å². The van der Waals surface area contributed by atoms with Crippen molar-refractivity contribution >= 4 is 44.8 Å². The fraction of sp³-hybridized carbons (Fsp3) is 0.235. The van der Waals surface area contributed by atoms with Crippen molar-refractivity contribution < 1.29 is 22.6 Å². The van der Waals surface area contributed by atoms with E-state index in [9.17, 15) is 13.2 Å². The van der Waals surface area contributed by atoms with Crippen LogP contribution in [0.1, 0.15) is 17.5 Å². The molecule has 0 saturated carbocycles. The maximum absolute atomic E-state index is 12.7. The molecule has 0 spiro atoms. The molecule has 0 aliphatic rings. The highest BCUT2D eigenvalue weighted by Crippen LogP contribution is 2.37. The monoisotopic (exact) mass is 452 g/mol. The Morgan fingerprint density at radius 3 is 2.52 bits per heavy atom. The van der Waals surface area contributed by atoms with Gasteiger partial charge in [-0.25, -0.2) is 0 Å². The molecule has 0 aliphatic carbocycles. The number of rotatable bonds is 5. The Balaban J connectivity index is 2.19. The van der Waals surface area contributed by atoms with E-state index in [1.165, 1.54) is 13.2 Å². The van der Waals surface area contributed by atoms with Crippen molar-refractivity contribution in [1.29, 1.82) is 0 Å². The number of aryl methyl sites for hydroxylation is 1. The lowest BCUT2D eigenvalue weighted by Crippen LogP contribution is -2.04. The Morgan fingerprint density at radius 1 is 1.20 bits per heavy atom. The number of halogens is 5. The van der Waals surface area contributed by atoms with E-state index in [1.807, 2.05) is 0 Å². The Labute approximate surface area is 162 Å². The van der Waals surface area contributed by atoms with E-state index in [2.05, 4.69) is 15.9 Å². The maximum atomic E-state index is 12.7. The largest absolute Gasteiger partial charge is 0.490 e. The average Bonchev–Trinajstić information content (AvgIpc) is 2.55.